The molecule has 1 aliphatic rings. The highest BCUT2D eigenvalue weighted by molar-refractivity contribution is 5.85. The van der Waals surface area contributed by atoms with Gasteiger partial charge < -0.3 is 9.88 Å². The van der Waals surface area contributed by atoms with Gasteiger partial charge in [0.15, 0.2) is 0 Å². The number of hydrogen-bond donors (Lipinski definition) is 1. The predicted molar refractivity (Wildman–Crippen MR) is 121 cm³/mol. The molecule has 160 valence electrons. The van der Waals surface area contributed by atoms with Crippen molar-refractivity contribution in [1.82, 2.24) is 24.6 Å². The third-order valence-electron chi connectivity index (χ3n) is 6.44. The molecule has 5 nitrogen and oxygen atoms in total. The Morgan fingerprint density at radius 1 is 1.03 bits per heavy atom. The third kappa shape index (κ3) is 4.69. The van der Waals surface area contributed by atoms with E-state index in [0.29, 0.717) is 18.9 Å². The second-order valence-electron chi connectivity index (χ2n) is 8.65. The third-order valence-corrected chi connectivity index (χ3v) is 6.44. The zero-order chi connectivity index (χ0) is 21.0. The average molecular weight is 418 g/mol. The van der Waals surface area contributed by atoms with Gasteiger partial charge in [-0.05, 0) is 67.6 Å². The van der Waals surface area contributed by atoms with Crippen LogP contribution in [0.4, 0.5) is 4.39 Å². The van der Waals surface area contributed by atoms with E-state index in [1.807, 2.05) is 22.9 Å². The first kappa shape index (κ1) is 19.9. The van der Waals surface area contributed by atoms with Crippen molar-refractivity contribution in [2.45, 2.75) is 31.9 Å². The largest absolute Gasteiger partial charge is 0.361 e. The number of hydrogen-bond acceptors (Lipinski definition) is 3. The minimum absolute atomic E-state index is 0.426. The van der Waals surface area contributed by atoms with Gasteiger partial charge in [0.1, 0.15) is 18.8 Å². The summed E-state index contributed by atoms with van der Waals surface area (Å²) in [6.45, 7) is 2.49. The molecular formula is C25H28FN5. The molecule has 6 heteroatoms. The first-order valence-corrected chi connectivity index (χ1v) is 11.1. The second kappa shape index (κ2) is 9.02. The number of piperidine rings is 1. The molecule has 0 aliphatic carbocycles. The van der Waals surface area contributed by atoms with Gasteiger partial charge in [0.25, 0.3) is 0 Å². The van der Waals surface area contributed by atoms with Crippen LogP contribution in [0.3, 0.4) is 0 Å². The Morgan fingerprint density at radius 3 is 2.58 bits per heavy atom. The number of aromatic amines is 1. The van der Waals surface area contributed by atoms with Crippen LogP contribution in [0.2, 0.25) is 0 Å². The van der Waals surface area contributed by atoms with Crippen LogP contribution in [0.15, 0.2) is 67.4 Å². The van der Waals surface area contributed by atoms with Crippen LogP contribution in [0.1, 0.15) is 24.0 Å². The lowest BCUT2D eigenvalue weighted by Crippen LogP contribution is -2.38. The topological polar surface area (TPSA) is 49.7 Å². The Balaban J connectivity index is 1.17. The van der Waals surface area contributed by atoms with Gasteiger partial charge in [-0.2, -0.15) is 0 Å². The minimum atomic E-state index is -0.872. The van der Waals surface area contributed by atoms with Gasteiger partial charge in [0, 0.05) is 35.8 Å². The highest BCUT2D eigenvalue weighted by atomic mass is 19.1. The van der Waals surface area contributed by atoms with E-state index < -0.39 is 6.17 Å². The fourth-order valence-corrected chi connectivity index (χ4v) is 4.73. The summed E-state index contributed by atoms with van der Waals surface area (Å²) in [7, 11) is 0. The Kier molecular flexibility index (Phi) is 5.80. The Bertz CT molecular complexity index is 1100. The van der Waals surface area contributed by atoms with E-state index in [1.54, 1.807) is 12.7 Å². The number of alkyl halides is 1. The van der Waals surface area contributed by atoms with Gasteiger partial charge in [0.2, 0.25) is 0 Å². The molecule has 0 bridgehead atoms. The van der Waals surface area contributed by atoms with Crippen molar-refractivity contribution in [2.75, 3.05) is 19.6 Å². The number of nitrogens with one attached hydrogen (secondary N) is 1. The van der Waals surface area contributed by atoms with Crippen molar-refractivity contribution < 1.29 is 4.39 Å². The predicted octanol–water partition coefficient (Wildman–Crippen LogP) is 4.58. The maximum Gasteiger partial charge on any atom is 0.123 e. The molecule has 2 aromatic heterocycles. The summed E-state index contributed by atoms with van der Waals surface area (Å²) >= 11 is 0. The number of fused-ring (bicyclic) bond motifs is 1. The van der Waals surface area contributed by atoms with E-state index >= 15 is 4.39 Å². The Morgan fingerprint density at radius 2 is 1.81 bits per heavy atom. The zero-order valence-electron chi connectivity index (χ0n) is 17.6. The van der Waals surface area contributed by atoms with Crippen molar-refractivity contribution in [2.24, 2.45) is 5.92 Å². The van der Waals surface area contributed by atoms with E-state index in [2.05, 4.69) is 56.5 Å². The van der Waals surface area contributed by atoms with Gasteiger partial charge >= 0.3 is 0 Å². The fourth-order valence-electron chi connectivity index (χ4n) is 4.73. The molecule has 1 N–H and O–H groups in total. The Labute approximate surface area is 181 Å². The molecule has 3 heterocycles. The lowest BCUT2D eigenvalue weighted by Gasteiger charge is -2.32. The minimum Gasteiger partial charge on any atom is -0.361 e. The standard InChI is InChI=1S/C25H28FN5/c26-22(16-30-10-8-20(9-11-30)12-19-4-2-1-3-5-19)13-21-15-27-25-7-6-23(14-24(21)25)31-17-28-29-18-31/h1-7,14-15,17-18,20,22,27H,8-13,16H2/t22-/m0/s1. The first-order valence-electron chi connectivity index (χ1n) is 11.1. The van der Waals surface area contributed by atoms with E-state index in [4.69, 9.17) is 0 Å². The van der Waals surface area contributed by atoms with Gasteiger partial charge in [-0.3, -0.25) is 4.57 Å². The van der Waals surface area contributed by atoms with E-state index in [-0.39, 0.29) is 0 Å². The van der Waals surface area contributed by atoms with E-state index in [9.17, 15) is 0 Å². The summed E-state index contributed by atoms with van der Waals surface area (Å²) in [4.78, 5) is 5.57. The fraction of sp³-hybridized carbons (Fsp3) is 0.360. The normalized spacial score (nSPS) is 16.7. The number of H-pyrrole nitrogens is 1. The van der Waals surface area contributed by atoms with Crippen molar-refractivity contribution in [3.05, 3.63) is 78.5 Å². The molecule has 4 aromatic rings. The molecule has 1 atom stereocenters. The van der Waals surface area contributed by atoms with Crippen molar-refractivity contribution in [3.63, 3.8) is 0 Å². The summed E-state index contributed by atoms with van der Waals surface area (Å²) < 4.78 is 16.9. The SMILES string of the molecule is F[C@@H](Cc1c[nH]c2ccc(-n3cnnc3)cc12)CN1CCC(Cc2ccccc2)CC1. The number of halogens is 1. The summed E-state index contributed by atoms with van der Waals surface area (Å²) in [5, 5.41) is 8.81. The molecule has 1 aliphatic heterocycles. The maximum atomic E-state index is 15.0. The molecule has 2 aromatic carbocycles. The van der Waals surface area contributed by atoms with Crippen LogP contribution in [-0.2, 0) is 12.8 Å². The molecular weight excluding hydrogens is 389 g/mol. The first-order chi connectivity index (χ1) is 15.2. The number of aromatic nitrogens is 4. The average Bonchev–Trinajstić information content (AvgIpc) is 3.46. The number of nitrogens with zero attached hydrogens (tertiary/aromatic N) is 4. The van der Waals surface area contributed by atoms with Gasteiger partial charge in [0.05, 0.1) is 0 Å². The summed E-state index contributed by atoms with van der Waals surface area (Å²) in [5.74, 6) is 0.710. The van der Waals surface area contributed by atoms with Gasteiger partial charge in [-0.25, -0.2) is 4.39 Å². The maximum absolute atomic E-state index is 15.0. The number of likely N-dealkylation sites (tertiary alicyclic amines) is 1. The van der Waals surface area contributed by atoms with E-state index in [1.165, 1.54) is 5.56 Å². The smallest absolute Gasteiger partial charge is 0.123 e. The molecule has 0 saturated carbocycles. The van der Waals surface area contributed by atoms with Crippen LogP contribution in [-0.4, -0.2) is 50.5 Å². The van der Waals surface area contributed by atoms with Crippen molar-refractivity contribution in [3.8, 4) is 5.69 Å². The molecule has 1 fully saturated rings. The molecule has 5 rings (SSSR count). The number of rotatable bonds is 7. The van der Waals surface area contributed by atoms with Crippen LogP contribution in [0, 0.1) is 5.92 Å². The van der Waals surface area contributed by atoms with Crippen LogP contribution in [0.5, 0.6) is 0 Å². The van der Waals surface area contributed by atoms with Gasteiger partial charge in [-0.15, -0.1) is 10.2 Å². The summed E-state index contributed by atoms with van der Waals surface area (Å²) in [5.41, 5.74) is 4.45. The second-order valence-corrected chi connectivity index (χ2v) is 8.65. The van der Waals surface area contributed by atoms with Crippen molar-refractivity contribution >= 4 is 10.9 Å². The molecule has 0 unspecified atom stereocenters. The van der Waals surface area contributed by atoms with Gasteiger partial charge in [-0.1, -0.05) is 30.3 Å². The molecule has 0 radical (unpaired) electrons. The quantitative estimate of drug-likeness (QED) is 0.479. The summed E-state index contributed by atoms with van der Waals surface area (Å²) in [6.07, 6.45) is 8.28. The lowest BCUT2D eigenvalue weighted by atomic mass is 9.90. The highest BCUT2D eigenvalue weighted by Gasteiger charge is 2.22. The molecule has 0 amide bonds. The molecule has 31 heavy (non-hydrogen) atoms. The lowest BCUT2D eigenvalue weighted by molar-refractivity contribution is 0.140. The van der Waals surface area contributed by atoms with E-state index in [0.717, 1.165) is 54.5 Å². The van der Waals surface area contributed by atoms with Crippen molar-refractivity contribution in [1.29, 1.82) is 0 Å². The monoisotopic (exact) mass is 417 g/mol. The summed E-state index contributed by atoms with van der Waals surface area (Å²) in [6, 6.07) is 16.8. The van der Waals surface area contributed by atoms with Crippen LogP contribution >= 0.6 is 0 Å². The number of benzene rings is 2. The van der Waals surface area contributed by atoms with Crippen LogP contribution in [0.25, 0.3) is 16.6 Å². The Hall–Kier alpha value is -2.99. The molecule has 0 spiro atoms. The highest BCUT2D eigenvalue weighted by Crippen LogP contribution is 2.25. The van der Waals surface area contributed by atoms with Crippen LogP contribution < -0.4 is 0 Å². The zero-order valence-corrected chi connectivity index (χ0v) is 17.6. The molecule has 1 saturated heterocycles.